The molecular weight excluding hydrogens is 446 g/mol. The van der Waals surface area contributed by atoms with E-state index in [1.165, 1.54) is 0 Å². The number of carbonyl (C=O) groups is 1. The van der Waals surface area contributed by atoms with Gasteiger partial charge in [0, 0.05) is 50.3 Å². The fourth-order valence-electron chi connectivity index (χ4n) is 4.65. The Morgan fingerprint density at radius 2 is 1.91 bits per heavy atom. The van der Waals surface area contributed by atoms with E-state index in [-0.39, 0.29) is 18.1 Å². The van der Waals surface area contributed by atoms with Gasteiger partial charge in [-0.05, 0) is 44.7 Å². The quantitative estimate of drug-likeness (QED) is 0.553. The first-order valence-corrected chi connectivity index (χ1v) is 12.2. The standard InChI is InChI=1S/C25H31N7O3/c1-16-28-15-20-22(29-16)13-18(32-9-11-34-12-10-32)14-23(20)35-19-5-3-17(4-6-19)30-25-27-8-7-21(31-25)24(33)26-2/h7-8,13-15,17,19H,3-6,9-12H2,1-2H3,(H,26,33)(H,27,30,31). The fraction of sp³-hybridized carbons (Fsp3) is 0.480. The van der Waals surface area contributed by atoms with Gasteiger partial charge in [0.2, 0.25) is 5.95 Å². The number of amides is 1. The molecule has 0 spiro atoms. The van der Waals surface area contributed by atoms with Crippen molar-refractivity contribution in [1.29, 1.82) is 0 Å². The monoisotopic (exact) mass is 477 g/mol. The highest BCUT2D eigenvalue weighted by Gasteiger charge is 2.25. The van der Waals surface area contributed by atoms with Crippen LogP contribution in [-0.4, -0.2) is 71.3 Å². The Kier molecular flexibility index (Phi) is 6.89. The molecule has 0 unspecified atom stereocenters. The molecular formula is C25H31N7O3. The number of aromatic nitrogens is 4. The number of nitrogens with zero attached hydrogens (tertiary/aromatic N) is 5. The molecule has 1 saturated heterocycles. The van der Waals surface area contributed by atoms with Crippen LogP contribution in [0.5, 0.6) is 5.75 Å². The minimum absolute atomic E-state index is 0.107. The Hall–Kier alpha value is -3.53. The number of anilines is 2. The lowest BCUT2D eigenvalue weighted by Gasteiger charge is -2.31. The number of ether oxygens (including phenoxy) is 2. The summed E-state index contributed by atoms with van der Waals surface area (Å²) in [7, 11) is 1.59. The molecule has 10 heteroatoms. The van der Waals surface area contributed by atoms with Crippen LogP contribution in [0.25, 0.3) is 10.9 Å². The first-order chi connectivity index (χ1) is 17.1. The number of morpholine rings is 1. The summed E-state index contributed by atoms with van der Waals surface area (Å²) in [6.45, 7) is 5.07. The summed E-state index contributed by atoms with van der Waals surface area (Å²) in [6.07, 6.45) is 7.23. The number of fused-ring (bicyclic) bond motifs is 1. The normalized spacial score (nSPS) is 20.5. The van der Waals surface area contributed by atoms with Gasteiger partial charge in [0.25, 0.3) is 5.91 Å². The van der Waals surface area contributed by atoms with Crippen LogP contribution >= 0.6 is 0 Å². The van der Waals surface area contributed by atoms with Crippen LogP contribution in [0, 0.1) is 6.92 Å². The Morgan fingerprint density at radius 3 is 2.69 bits per heavy atom. The summed E-state index contributed by atoms with van der Waals surface area (Å²) in [5.41, 5.74) is 2.36. The highest BCUT2D eigenvalue weighted by Crippen LogP contribution is 2.34. The van der Waals surface area contributed by atoms with E-state index < -0.39 is 0 Å². The van der Waals surface area contributed by atoms with Gasteiger partial charge in [-0.1, -0.05) is 0 Å². The van der Waals surface area contributed by atoms with Crippen molar-refractivity contribution < 1.29 is 14.3 Å². The maximum atomic E-state index is 11.8. The van der Waals surface area contributed by atoms with Gasteiger partial charge in [-0.25, -0.2) is 19.9 Å². The molecule has 1 amide bonds. The second-order valence-electron chi connectivity index (χ2n) is 8.97. The van der Waals surface area contributed by atoms with Crippen molar-refractivity contribution in [2.75, 3.05) is 43.6 Å². The van der Waals surface area contributed by atoms with Crippen molar-refractivity contribution in [3.63, 3.8) is 0 Å². The van der Waals surface area contributed by atoms with Crippen LogP contribution in [0.15, 0.2) is 30.6 Å². The van der Waals surface area contributed by atoms with Gasteiger partial charge < -0.3 is 25.0 Å². The molecule has 5 rings (SSSR count). The van der Waals surface area contributed by atoms with Gasteiger partial charge in [0.1, 0.15) is 17.3 Å². The second kappa shape index (κ2) is 10.4. The SMILES string of the molecule is CNC(=O)c1ccnc(NC2CCC(Oc3cc(N4CCOCC4)cc4nc(C)ncc34)CC2)n1. The summed E-state index contributed by atoms with van der Waals surface area (Å²) >= 11 is 0. The van der Waals surface area contributed by atoms with Crippen LogP contribution in [0.4, 0.5) is 11.6 Å². The number of hydrogen-bond donors (Lipinski definition) is 2. The number of benzene rings is 1. The molecule has 0 atom stereocenters. The fourth-order valence-corrected chi connectivity index (χ4v) is 4.65. The molecule has 184 valence electrons. The molecule has 0 bridgehead atoms. The summed E-state index contributed by atoms with van der Waals surface area (Å²) in [4.78, 5) is 31.8. The highest BCUT2D eigenvalue weighted by atomic mass is 16.5. The summed E-state index contributed by atoms with van der Waals surface area (Å²) < 4.78 is 12.1. The van der Waals surface area contributed by atoms with Crippen molar-refractivity contribution >= 4 is 28.4 Å². The molecule has 2 aromatic heterocycles. The zero-order chi connectivity index (χ0) is 24.2. The molecule has 10 nitrogen and oxygen atoms in total. The van der Waals surface area contributed by atoms with E-state index in [4.69, 9.17) is 9.47 Å². The average Bonchev–Trinajstić information content (AvgIpc) is 2.89. The van der Waals surface area contributed by atoms with Gasteiger partial charge in [-0.3, -0.25) is 4.79 Å². The number of rotatable bonds is 6. The van der Waals surface area contributed by atoms with Gasteiger partial charge in [0.15, 0.2) is 0 Å². The van der Waals surface area contributed by atoms with Gasteiger partial charge in [-0.15, -0.1) is 0 Å². The first-order valence-electron chi connectivity index (χ1n) is 12.2. The van der Waals surface area contributed by atoms with Crippen molar-refractivity contribution in [2.45, 2.75) is 44.8 Å². The largest absolute Gasteiger partial charge is 0.490 e. The van der Waals surface area contributed by atoms with Crippen LogP contribution in [0.2, 0.25) is 0 Å². The summed E-state index contributed by atoms with van der Waals surface area (Å²) in [5, 5.41) is 6.90. The Labute approximate surface area is 204 Å². The first kappa shape index (κ1) is 23.2. The van der Waals surface area contributed by atoms with Crippen LogP contribution in [0.1, 0.15) is 42.0 Å². The predicted molar refractivity (Wildman–Crippen MR) is 133 cm³/mol. The lowest BCUT2D eigenvalue weighted by atomic mass is 9.93. The third-order valence-corrected chi connectivity index (χ3v) is 6.56. The molecule has 1 aliphatic heterocycles. The van der Waals surface area contributed by atoms with Crippen molar-refractivity contribution in [1.82, 2.24) is 25.3 Å². The maximum Gasteiger partial charge on any atom is 0.269 e. The molecule has 3 heterocycles. The molecule has 35 heavy (non-hydrogen) atoms. The van der Waals surface area contributed by atoms with E-state index in [9.17, 15) is 4.79 Å². The van der Waals surface area contributed by atoms with Crippen LogP contribution in [-0.2, 0) is 4.74 Å². The van der Waals surface area contributed by atoms with E-state index in [2.05, 4.69) is 47.6 Å². The molecule has 2 fully saturated rings. The third kappa shape index (κ3) is 5.43. The van der Waals surface area contributed by atoms with E-state index in [0.29, 0.717) is 11.6 Å². The minimum Gasteiger partial charge on any atom is -0.490 e. The van der Waals surface area contributed by atoms with Crippen LogP contribution in [0.3, 0.4) is 0 Å². The third-order valence-electron chi connectivity index (χ3n) is 6.56. The van der Waals surface area contributed by atoms with E-state index in [1.54, 1.807) is 19.3 Å². The molecule has 2 N–H and O–H groups in total. The zero-order valence-electron chi connectivity index (χ0n) is 20.2. The van der Waals surface area contributed by atoms with E-state index >= 15 is 0 Å². The van der Waals surface area contributed by atoms with Crippen LogP contribution < -0.4 is 20.3 Å². The second-order valence-corrected chi connectivity index (χ2v) is 8.97. The average molecular weight is 478 g/mol. The zero-order valence-corrected chi connectivity index (χ0v) is 20.2. The number of nitrogens with one attached hydrogen (secondary N) is 2. The number of hydrogen-bond acceptors (Lipinski definition) is 9. The highest BCUT2D eigenvalue weighted by molar-refractivity contribution is 5.92. The number of carbonyl (C=O) groups excluding carboxylic acids is 1. The molecule has 3 aromatic rings. The van der Waals surface area contributed by atoms with Gasteiger partial charge >= 0.3 is 0 Å². The van der Waals surface area contributed by atoms with Crippen molar-refractivity contribution in [3.05, 3.63) is 42.1 Å². The smallest absolute Gasteiger partial charge is 0.269 e. The Bertz CT molecular complexity index is 1190. The molecule has 2 aliphatic rings. The molecule has 1 aromatic carbocycles. The predicted octanol–water partition coefficient (Wildman–Crippen LogP) is 2.73. The Morgan fingerprint density at radius 1 is 1.11 bits per heavy atom. The summed E-state index contributed by atoms with van der Waals surface area (Å²) in [5.74, 6) is 1.84. The van der Waals surface area contributed by atoms with Gasteiger partial charge in [-0.2, -0.15) is 0 Å². The minimum atomic E-state index is -0.224. The van der Waals surface area contributed by atoms with Gasteiger partial charge in [0.05, 0.1) is 30.2 Å². The lowest BCUT2D eigenvalue weighted by Crippen LogP contribution is -2.36. The topological polar surface area (TPSA) is 114 Å². The van der Waals surface area contributed by atoms with E-state index in [1.807, 2.05) is 13.1 Å². The summed E-state index contributed by atoms with van der Waals surface area (Å²) in [6, 6.07) is 6.08. The lowest BCUT2D eigenvalue weighted by molar-refractivity contribution is 0.0958. The molecule has 1 aliphatic carbocycles. The van der Waals surface area contributed by atoms with E-state index in [0.717, 1.165) is 80.2 Å². The molecule has 1 saturated carbocycles. The molecule has 0 radical (unpaired) electrons. The number of aryl methyl sites for hydroxylation is 1. The maximum absolute atomic E-state index is 11.8. The van der Waals surface area contributed by atoms with Crippen molar-refractivity contribution in [3.8, 4) is 5.75 Å². The Balaban J connectivity index is 1.27. The van der Waals surface area contributed by atoms with Crippen molar-refractivity contribution in [2.24, 2.45) is 0 Å².